The topological polar surface area (TPSA) is 72.5 Å². The molecular formula is C15H20N4OS. The predicted octanol–water partition coefficient (Wildman–Crippen LogP) is 3.66. The van der Waals surface area contributed by atoms with E-state index in [9.17, 15) is 0 Å². The van der Waals surface area contributed by atoms with Crippen molar-refractivity contribution >= 4 is 28.5 Å². The molecule has 0 aliphatic heterocycles. The van der Waals surface area contributed by atoms with E-state index in [0.29, 0.717) is 10.9 Å². The Morgan fingerprint density at radius 2 is 2.33 bits per heavy atom. The van der Waals surface area contributed by atoms with Gasteiger partial charge in [-0.2, -0.15) is 5.10 Å². The Labute approximate surface area is 128 Å². The Kier molecular flexibility index (Phi) is 5.57. The number of hydrogen-bond acceptors (Lipinski definition) is 6. The number of benzene rings is 1. The molecule has 0 fully saturated rings. The lowest BCUT2D eigenvalue weighted by atomic mass is 10.1. The van der Waals surface area contributed by atoms with Crippen molar-refractivity contribution in [2.24, 2.45) is 5.10 Å². The van der Waals surface area contributed by atoms with Crippen LogP contribution >= 0.6 is 11.3 Å². The smallest absolute Gasteiger partial charge is 0.205 e. The van der Waals surface area contributed by atoms with Gasteiger partial charge in [-0.3, -0.25) is 5.43 Å². The molecular weight excluding hydrogens is 284 g/mol. The van der Waals surface area contributed by atoms with Crippen LogP contribution in [0.2, 0.25) is 0 Å². The Morgan fingerprint density at radius 1 is 1.48 bits per heavy atom. The fraction of sp³-hybridized carbons (Fsp3) is 0.333. The van der Waals surface area contributed by atoms with Gasteiger partial charge in [0.1, 0.15) is 11.6 Å². The van der Waals surface area contributed by atoms with E-state index in [4.69, 9.17) is 10.5 Å². The first-order valence-electron chi connectivity index (χ1n) is 6.92. The summed E-state index contributed by atoms with van der Waals surface area (Å²) in [5.74, 6) is 1.43. The molecule has 5 nitrogen and oxygen atoms in total. The van der Waals surface area contributed by atoms with Crippen molar-refractivity contribution in [3.05, 3.63) is 34.7 Å². The minimum Gasteiger partial charge on any atom is -0.493 e. The summed E-state index contributed by atoms with van der Waals surface area (Å²) < 4.78 is 5.73. The fourth-order valence-electron chi connectivity index (χ4n) is 1.74. The van der Waals surface area contributed by atoms with Crippen LogP contribution in [0.3, 0.4) is 0 Å². The molecule has 3 N–H and O–H groups in total. The highest BCUT2D eigenvalue weighted by atomic mass is 32.1. The van der Waals surface area contributed by atoms with Gasteiger partial charge in [-0.1, -0.05) is 13.3 Å². The average molecular weight is 304 g/mol. The van der Waals surface area contributed by atoms with Crippen molar-refractivity contribution in [3.63, 3.8) is 0 Å². The number of unbranched alkanes of at least 4 members (excludes halogenated alkanes) is 1. The molecule has 0 amide bonds. The zero-order valence-corrected chi connectivity index (χ0v) is 13.1. The molecule has 6 heteroatoms. The molecule has 0 unspecified atom stereocenters. The van der Waals surface area contributed by atoms with Crippen LogP contribution < -0.4 is 15.9 Å². The van der Waals surface area contributed by atoms with Gasteiger partial charge in [0.25, 0.3) is 0 Å². The predicted molar refractivity (Wildman–Crippen MR) is 89.3 cm³/mol. The Morgan fingerprint density at radius 3 is 3.00 bits per heavy atom. The van der Waals surface area contributed by atoms with Crippen LogP contribution in [-0.2, 0) is 0 Å². The van der Waals surface area contributed by atoms with Gasteiger partial charge in [0.15, 0.2) is 0 Å². The third-order valence-electron chi connectivity index (χ3n) is 2.85. The molecule has 1 aromatic carbocycles. The molecule has 1 aromatic heterocycles. The molecule has 0 aliphatic carbocycles. The number of aromatic nitrogens is 1. The fourth-order valence-corrected chi connectivity index (χ4v) is 2.29. The second kappa shape index (κ2) is 7.64. The van der Waals surface area contributed by atoms with Crippen LogP contribution in [0.15, 0.2) is 28.7 Å². The summed E-state index contributed by atoms with van der Waals surface area (Å²) in [7, 11) is 0. The standard InChI is InChI=1S/C15H20N4OS/c1-3-4-7-20-13-6-5-12(8-11(13)2)9-17-19-15-18-14(16)10-21-15/h5-6,8-10H,3-4,7,16H2,1-2H3,(H,18,19). The second-order valence-electron chi connectivity index (χ2n) is 4.67. The Balaban J connectivity index is 1.93. The van der Waals surface area contributed by atoms with Gasteiger partial charge in [0.05, 0.1) is 12.8 Å². The molecule has 0 saturated carbocycles. The maximum absolute atomic E-state index is 5.73. The van der Waals surface area contributed by atoms with E-state index in [1.807, 2.05) is 25.1 Å². The third kappa shape index (κ3) is 4.75. The summed E-state index contributed by atoms with van der Waals surface area (Å²) in [4.78, 5) is 4.07. The molecule has 0 aliphatic rings. The quantitative estimate of drug-likeness (QED) is 0.465. The second-order valence-corrected chi connectivity index (χ2v) is 5.53. The highest BCUT2D eigenvalue weighted by molar-refractivity contribution is 7.14. The van der Waals surface area contributed by atoms with Crippen LogP contribution in [0, 0.1) is 6.92 Å². The number of thiazole rings is 1. The van der Waals surface area contributed by atoms with E-state index in [1.54, 1.807) is 11.6 Å². The zero-order chi connectivity index (χ0) is 15.1. The first-order valence-corrected chi connectivity index (χ1v) is 7.80. The zero-order valence-electron chi connectivity index (χ0n) is 12.3. The Bertz CT molecular complexity index is 609. The van der Waals surface area contributed by atoms with Crippen molar-refractivity contribution in [3.8, 4) is 5.75 Å². The minimum absolute atomic E-state index is 0.502. The molecule has 0 spiro atoms. The number of hydrazone groups is 1. The monoisotopic (exact) mass is 304 g/mol. The summed E-state index contributed by atoms with van der Waals surface area (Å²) >= 11 is 1.42. The maximum Gasteiger partial charge on any atom is 0.205 e. The lowest BCUT2D eigenvalue weighted by molar-refractivity contribution is 0.307. The average Bonchev–Trinajstić information content (AvgIpc) is 2.87. The molecule has 2 aromatic rings. The SMILES string of the molecule is CCCCOc1ccc(C=NNc2nc(N)cs2)cc1C. The molecule has 0 atom stereocenters. The molecule has 21 heavy (non-hydrogen) atoms. The van der Waals surface area contributed by atoms with Gasteiger partial charge in [0, 0.05) is 5.38 Å². The van der Waals surface area contributed by atoms with Crippen LogP contribution in [0.25, 0.3) is 0 Å². The van der Waals surface area contributed by atoms with Gasteiger partial charge >= 0.3 is 0 Å². The number of aryl methyl sites for hydroxylation is 1. The van der Waals surface area contributed by atoms with Gasteiger partial charge in [0.2, 0.25) is 5.13 Å². The number of hydrogen-bond donors (Lipinski definition) is 2. The van der Waals surface area contributed by atoms with Gasteiger partial charge < -0.3 is 10.5 Å². The van der Waals surface area contributed by atoms with Crippen LogP contribution in [-0.4, -0.2) is 17.8 Å². The van der Waals surface area contributed by atoms with E-state index >= 15 is 0 Å². The first kappa shape index (κ1) is 15.3. The molecule has 112 valence electrons. The lowest BCUT2D eigenvalue weighted by Crippen LogP contribution is -1.99. The number of ether oxygens (including phenoxy) is 1. The number of anilines is 2. The number of nitrogens with two attached hydrogens (primary N) is 1. The minimum atomic E-state index is 0.502. The number of nitrogens with zero attached hydrogens (tertiary/aromatic N) is 2. The van der Waals surface area contributed by atoms with Crippen LogP contribution in [0.1, 0.15) is 30.9 Å². The highest BCUT2D eigenvalue weighted by Gasteiger charge is 2.00. The Hall–Kier alpha value is -2.08. The number of nitrogens with one attached hydrogen (secondary N) is 1. The van der Waals surface area contributed by atoms with E-state index in [-0.39, 0.29) is 0 Å². The van der Waals surface area contributed by atoms with Crippen molar-refractivity contribution in [2.45, 2.75) is 26.7 Å². The van der Waals surface area contributed by atoms with Crippen molar-refractivity contribution in [1.82, 2.24) is 4.98 Å². The molecule has 2 rings (SSSR count). The summed E-state index contributed by atoms with van der Waals surface area (Å²) in [6.07, 6.45) is 3.96. The van der Waals surface area contributed by atoms with Crippen molar-refractivity contribution in [2.75, 3.05) is 17.8 Å². The van der Waals surface area contributed by atoms with E-state index in [2.05, 4.69) is 22.4 Å². The number of nitrogen functional groups attached to an aromatic ring is 1. The van der Waals surface area contributed by atoms with Crippen molar-refractivity contribution in [1.29, 1.82) is 0 Å². The highest BCUT2D eigenvalue weighted by Crippen LogP contribution is 2.19. The summed E-state index contributed by atoms with van der Waals surface area (Å²) in [5.41, 5.74) is 10.5. The maximum atomic E-state index is 5.73. The van der Waals surface area contributed by atoms with Crippen LogP contribution in [0.5, 0.6) is 5.75 Å². The van der Waals surface area contributed by atoms with E-state index in [0.717, 1.165) is 36.3 Å². The van der Waals surface area contributed by atoms with E-state index in [1.165, 1.54) is 11.3 Å². The van der Waals surface area contributed by atoms with Gasteiger partial charge in [-0.05, 0) is 42.7 Å². The largest absolute Gasteiger partial charge is 0.493 e. The molecule has 0 bridgehead atoms. The third-order valence-corrected chi connectivity index (χ3v) is 3.62. The molecule has 1 heterocycles. The number of rotatable bonds is 7. The van der Waals surface area contributed by atoms with Gasteiger partial charge in [-0.15, -0.1) is 11.3 Å². The lowest BCUT2D eigenvalue weighted by Gasteiger charge is -2.08. The molecule has 0 radical (unpaired) electrons. The summed E-state index contributed by atoms with van der Waals surface area (Å²) in [6, 6.07) is 6.01. The van der Waals surface area contributed by atoms with Gasteiger partial charge in [-0.25, -0.2) is 4.98 Å². The van der Waals surface area contributed by atoms with Crippen LogP contribution in [0.4, 0.5) is 10.9 Å². The molecule has 0 saturated heterocycles. The summed E-state index contributed by atoms with van der Waals surface area (Å²) in [6.45, 7) is 4.95. The summed E-state index contributed by atoms with van der Waals surface area (Å²) in [5, 5.41) is 6.60. The first-order chi connectivity index (χ1) is 10.2. The van der Waals surface area contributed by atoms with Crippen molar-refractivity contribution < 1.29 is 4.74 Å². The normalized spacial score (nSPS) is 11.0. The van der Waals surface area contributed by atoms with E-state index < -0.39 is 0 Å².